The van der Waals surface area contributed by atoms with Gasteiger partial charge in [0.2, 0.25) is 17.9 Å². The van der Waals surface area contributed by atoms with E-state index < -0.39 is 5.91 Å². The van der Waals surface area contributed by atoms with E-state index in [-0.39, 0.29) is 17.9 Å². The van der Waals surface area contributed by atoms with Crippen LogP contribution >= 0.6 is 11.6 Å². The lowest BCUT2D eigenvalue weighted by atomic mass is 10.2. The van der Waals surface area contributed by atoms with Gasteiger partial charge in [0.1, 0.15) is 6.61 Å². The average molecular weight is 518 g/mol. The van der Waals surface area contributed by atoms with E-state index in [1.54, 1.807) is 24.3 Å². The Morgan fingerprint density at radius 3 is 2.27 bits per heavy atom. The molecule has 1 aromatic heterocycles. The second kappa shape index (κ2) is 12.2. The molecule has 0 radical (unpaired) electrons. The van der Waals surface area contributed by atoms with Crippen molar-refractivity contribution in [3.63, 3.8) is 0 Å². The van der Waals surface area contributed by atoms with E-state index in [1.807, 2.05) is 54.6 Å². The molecule has 1 heterocycles. The number of amides is 1. The zero-order chi connectivity index (χ0) is 26.0. The van der Waals surface area contributed by atoms with E-state index in [2.05, 4.69) is 36.4 Å². The number of hydrogen-bond acceptors (Lipinski definition) is 8. The van der Waals surface area contributed by atoms with Gasteiger partial charge >= 0.3 is 6.01 Å². The number of guanidine groups is 1. The number of hydrazine groups is 1. The van der Waals surface area contributed by atoms with Crippen LogP contribution in [-0.4, -0.2) is 26.8 Å². The number of aromatic nitrogens is 3. The third kappa shape index (κ3) is 7.80. The zero-order valence-corrected chi connectivity index (χ0v) is 20.3. The standard InChI is InChI=1S/C25H24ClN9O2/c26-19-10-6-16(7-11-19)14-29-23-31-24(33-25(32-23)37-15-17-4-2-1-3-5-17)30-20-12-8-18(9-13-20)21(36)34-35-22(27)28/h1-13H,14-15H2,(H,34,36)(H4,27,28,35)(H2,29,30,31,32,33). The minimum absolute atomic E-state index is 0.145. The average Bonchev–Trinajstić information content (AvgIpc) is 2.91. The van der Waals surface area contributed by atoms with Crippen LogP contribution in [0.3, 0.4) is 0 Å². The number of carbonyl (C=O) groups excluding carboxylic acids is 1. The number of rotatable bonds is 9. The number of carbonyl (C=O) groups is 1. The van der Waals surface area contributed by atoms with Crippen LogP contribution in [0.4, 0.5) is 17.6 Å². The highest BCUT2D eigenvalue weighted by Gasteiger charge is 2.10. The molecule has 0 aliphatic rings. The van der Waals surface area contributed by atoms with Crippen LogP contribution < -0.4 is 32.0 Å². The van der Waals surface area contributed by atoms with Crippen LogP contribution in [0.25, 0.3) is 0 Å². The number of ether oxygens (including phenoxy) is 1. The van der Waals surface area contributed by atoms with E-state index in [1.165, 1.54) is 0 Å². The number of nitrogens with one attached hydrogen (secondary N) is 5. The summed E-state index contributed by atoms with van der Waals surface area (Å²) in [6, 6.07) is 23.9. The van der Waals surface area contributed by atoms with Gasteiger partial charge in [-0.25, -0.2) is 0 Å². The molecule has 0 bridgehead atoms. The summed E-state index contributed by atoms with van der Waals surface area (Å²) in [6.07, 6.45) is 0. The molecule has 4 rings (SSSR count). The first-order valence-corrected chi connectivity index (χ1v) is 11.5. The van der Waals surface area contributed by atoms with Gasteiger partial charge in [-0.2, -0.15) is 15.0 Å². The van der Waals surface area contributed by atoms with Crippen molar-refractivity contribution < 1.29 is 9.53 Å². The Balaban J connectivity index is 1.49. The predicted octanol–water partition coefficient (Wildman–Crippen LogP) is 3.59. The molecule has 0 atom stereocenters. The quantitative estimate of drug-likeness (QED) is 0.111. The smallest absolute Gasteiger partial charge is 0.323 e. The van der Waals surface area contributed by atoms with Gasteiger partial charge in [0, 0.05) is 22.8 Å². The lowest BCUT2D eigenvalue weighted by Gasteiger charge is -2.12. The summed E-state index contributed by atoms with van der Waals surface area (Å²) < 4.78 is 5.83. The summed E-state index contributed by atoms with van der Waals surface area (Å²) in [5, 5.41) is 14.1. The number of anilines is 3. The fourth-order valence-corrected chi connectivity index (χ4v) is 3.22. The molecular formula is C25H24ClN9O2. The molecule has 0 unspecified atom stereocenters. The highest BCUT2D eigenvalue weighted by Crippen LogP contribution is 2.19. The Morgan fingerprint density at radius 1 is 0.865 bits per heavy atom. The Labute approximate surface area is 217 Å². The molecule has 37 heavy (non-hydrogen) atoms. The van der Waals surface area contributed by atoms with Gasteiger partial charge in [0.05, 0.1) is 0 Å². The van der Waals surface area contributed by atoms with Crippen molar-refractivity contribution in [3.8, 4) is 6.01 Å². The third-order valence-corrected chi connectivity index (χ3v) is 5.16. The first kappa shape index (κ1) is 25.2. The number of hydrogen-bond donors (Lipinski definition) is 6. The topological polar surface area (TPSA) is 163 Å². The largest absolute Gasteiger partial charge is 0.458 e. The Hall–Kier alpha value is -4.90. The second-order valence-electron chi connectivity index (χ2n) is 7.71. The number of nitrogens with zero attached hydrogens (tertiary/aromatic N) is 3. The molecular weight excluding hydrogens is 494 g/mol. The number of nitrogens with two attached hydrogens (primary N) is 1. The van der Waals surface area contributed by atoms with Crippen molar-refractivity contribution in [2.45, 2.75) is 13.2 Å². The summed E-state index contributed by atoms with van der Waals surface area (Å²) in [5.41, 5.74) is 12.7. The molecule has 4 aromatic rings. The number of benzene rings is 3. The van der Waals surface area contributed by atoms with Crippen LogP contribution in [-0.2, 0) is 13.2 Å². The van der Waals surface area contributed by atoms with Gasteiger partial charge in [-0.1, -0.05) is 54.1 Å². The maximum atomic E-state index is 12.1. The summed E-state index contributed by atoms with van der Waals surface area (Å²) in [4.78, 5) is 25.3. The Bertz CT molecular complexity index is 1350. The number of halogens is 1. The van der Waals surface area contributed by atoms with Crippen LogP contribution in [0.2, 0.25) is 5.02 Å². The van der Waals surface area contributed by atoms with E-state index in [4.69, 9.17) is 27.5 Å². The maximum absolute atomic E-state index is 12.1. The predicted molar refractivity (Wildman–Crippen MR) is 142 cm³/mol. The monoisotopic (exact) mass is 517 g/mol. The van der Waals surface area contributed by atoms with E-state index in [0.717, 1.165) is 11.1 Å². The van der Waals surface area contributed by atoms with Crippen LogP contribution in [0.5, 0.6) is 6.01 Å². The molecule has 0 aliphatic heterocycles. The minimum atomic E-state index is -0.438. The fraction of sp³-hybridized carbons (Fsp3) is 0.0800. The van der Waals surface area contributed by atoms with Crippen molar-refractivity contribution in [1.82, 2.24) is 25.8 Å². The van der Waals surface area contributed by atoms with Gasteiger partial charge in [0.15, 0.2) is 0 Å². The van der Waals surface area contributed by atoms with Crippen molar-refractivity contribution >= 4 is 41.1 Å². The molecule has 7 N–H and O–H groups in total. The summed E-state index contributed by atoms with van der Waals surface area (Å²) in [5.74, 6) is -0.228. The molecule has 0 saturated heterocycles. The molecule has 188 valence electrons. The molecule has 0 fully saturated rings. The van der Waals surface area contributed by atoms with Gasteiger partial charge < -0.3 is 21.1 Å². The highest BCUT2D eigenvalue weighted by molar-refractivity contribution is 6.30. The van der Waals surface area contributed by atoms with Crippen LogP contribution in [0.15, 0.2) is 78.9 Å². The fourth-order valence-electron chi connectivity index (χ4n) is 3.09. The molecule has 3 aromatic carbocycles. The SMILES string of the molecule is N=C(N)NNC(=O)c1ccc(Nc2nc(NCc3ccc(Cl)cc3)nc(OCc3ccccc3)n2)cc1. The Kier molecular flexibility index (Phi) is 8.29. The van der Waals surface area contributed by atoms with Crippen molar-refractivity contribution in [2.75, 3.05) is 10.6 Å². The molecule has 12 heteroatoms. The summed E-state index contributed by atoms with van der Waals surface area (Å²) >= 11 is 5.97. The molecule has 11 nitrogen and oxygen atoms in total. The van der Waals surface area contributed by atoms with Crippen molar-refractivity contribution in [3.05, 3.63) is 101 Å². The zero-order valence-electron chi connectivity index (χ0n) is 19.5. The first-order valence-electron chi connectivity index (χ1n) is 11.1. The maximum Gasteiger partial charge on any atom is 0.323 e. The Morgan fingerprint density at radius 2 is 1.57 bits per heavy atom. The second-order valence-corrected chi connectivity index (χ2v) is 8.15. The molecule has 0 saturated carbocycles. The highest BCUT2D eigenvalue weighted by atomic mass is 35.5. The van der Waals surface area contributed by atoms with E-state index >= 15 is 0 Å². The van der Waals surface area contributed by atoms with Crippen LogP contribution in [0.1, 0.15) is 21.5 Å². The summed E-state index contributed by atoms with van der Waals surface area (Å²) in [6.45, 7) is 0.760. The van der Waals surface area contributed by atoms with Gasteiger partial charge in [-0.05, 0) is 47.5 Å². The van der Waals surface area contributed by atoms with Crippen LogP contribution in [0, 0.1) is 5.41 Å². The third-order valence-electron chi connectivity index (χ3n) is 4.90. The lowest BCUT2D eigenvalue weighted by molar-refractivity contribution is 0.0943. The molecule has 1 amide bonds. The van der Waals surface area contributed by atoms with E-state index in [9.17, 15) is 4.79 Å². The normalized spacial score (nSPS) is 10.3. The van der Waals surface area contributed by atoms with Crippen molar-refractivity contribution in [1.29, 1.82) is 5.41 Å². The van der Waals surface area contributed by atoms with Gasteiger partial charge in [-0.15, -0.1) is 0 Å². The first-order chi connectivity index (χ1) is 17.9. The summed E-state index contributed by atoms with van der Waals surface area (Å²) in [7, 11) is 0. The lowest BCUT2D eigenvalue weighted by Crippen LogP contribution is -2.44. The molecule has 0 spiro atoms. The molecule has 0 aliphatic carbocycles. The van der Waals surface area contributed by atoms with Gasteiger partial charge in [0.25, 0.3) is 5.91 Å². The minimum Gasteiger partial charge on any atom is -0.458 e. The van der Waals surface area contributed by atoms with Crippen molar-refractivity contribution in [2.24, 2.45) is 5.73 Å². The van der Waals surface area contributed by atoms with Gasteiger partial charge in [-0.3, -0.25) is 21.1 Å². The van der Waals surface area contributed by atoms with E-state index in [0.29, 0.717) is 35.4 Å².